The van der Waals surface area contributed by atoms with Crippen LogP contribution in [0.1, 0.15) is 144 Å². The van der Waals surface area contributed by atoms with Crippen LogP contribution < -0.4 is 14.1 Å². The van der Waals surface area contributed by atoms with Gasteiger partial charge in [0.15, 0.2) is 21.3 Å². The average molecular weight is 1520 g/mol. The van der Waals surface area contributed by atoms with Crippen molar-refractivity contribution >= 4 is 85.7 Å². The Hall–Kier alpha value is -8.16. The Morgan fingerprint density at radius 3 is 1.97 bits per heavy atom. The van der Waals surface area contributed by atoms with Crippen molar-refractivity contribution in [1.82, 2.24) is 34.8 Å². The second kappa shape index (κ2) is 27.8. The molecule has 1 saturated carbocycles. The lowest BCUT2D eigenvalue weighted by Gasteiger charge is -2.33. The number of likely N-dealkylation sites (tertiary alicyclic amines) is 1. The summed E-state index contributed by atoms with van der Waals surface area (Å²) in [6.45, 7) is 8.87. The van der Waals surface area contributed by atoms with E-state index in [2.05, 4.69) is 32.3 Å². The van der Waals surface area contributed by atoms with E-state index in [4.69, 9.17) is 25.2 Å². The zero-order valence-corrected chi connectivity index (χ0v) is 59.4. The Balaban J connectivity index is 1.25. The van der Waals surface area contributed by atoms with Crippen LogP contribution in [0.5, 0.6) is 5.75 Å². The summed E-state index contributed by atoms with van der Waals surface area (Å²) in [6.07, 6.45) is -14.7. The summed E-state index contributed by atoms with van der Waals surface area (Å²) >= 11 is 6.93. The molecule has 3 aliphatic rings. The van der Waals surface area contributed by atoms with E-state index in [0.717, 1.165) is 42.7 Å². The van der Waals surface area contributed by atoms with Gasteiger partial charge in [-0.1, -0.05) is 43.5 Å². The molecule has 0 spiro atoms. The molecule has 4 heterocycles. The number of aromatic nitrogens is 5. The van der Waals surface area contributed by atoms with Gasteiger partial charge in [-0.05, 0) is 139 Å². The number of anilines is 1. The van der Waals surface area contributed by atoms with Crippen molar-refractivity contribution in [2.45, 2.75) is 179 Å². The fourth-order valence-electron chi connectivity index (χ4n) is 12.8. The predicted octanol–water partition coefficient (Wildman–Crippen LogP) is 11.7. The van der Waals surface area contributed by atoms with Gasteiger partial charge in [-0.3, -0.25) is 32.8 Å². The highest BCUT2D eigenvalue weighted by Gasteiger charge is 2.68. The SMILES string of the molecule is Cc1cc(CC(=O)N2[C@H](C(=O)O)CC[C@H]2C(=O)O)c(C(C)(C)CC(=O)N(c2nn(CC(F)(F)F)c3c(-c4ccc(C#CC(C)(C)S(C)(=O)=O)nc4[C@H](Cc4cc(F)cc(F)c4)NC(=O)Cn4nc(C(F)(F)F)c5c4C(F)(F)[C@@H]4C[C@H]54)ccc(Cl)c23)S(C)(=O)=O)c(OP(=O)(OC(C)C)OC(C)C)c1. The Labute approximate surface area is 582 Å². The van der Waals surface area contributed by atoms with E-state index in [1.807, 2.05) is 0 Å². The highest BCUT2D eigenvalue weighted by atomic mass is 35.5. The summed E-state index contributed by atoms with van der Waals surface area (Å²) in [5.41, 5.74) is -8.78. The molecule has 2 fully saturated rings. The number of alkyl halides is 8. The van der Waals surface area contributed by atoms with Crippen LogP contribution in [0.15, 0.2) is 54.6 Å². The number of benzene rings is 3. The van der Waals surface area contributed by atoms with E-state index in [1.54, 1.807) is 0 Å². The monoisotopic (exact) mass is 1520 g/mol. The van der Waals surface area contributed by atoms with Crippen molar-refractivity contribution in [2.75, 3.05) is 16.8 Å². The smallest absolute Gasteiger partial charge is 0.480 e. The molecule has 37 heteroatoms. The minimum Gasteiger partial charge on any atom is -0.480 e. The number of hydrogen-bond donors (Lipinski definition) is 3. The van der Waals surface area contributed by atoms with E-state index in [0.29, 0.717) is 17.2 Å². The van der Waals surface area contributed by atoms with Crippen LogP contribution in [0.25, 0.3) is 22.0 Å². The number of sulfonamides is 1. The second-order valence-corrected chi connectivity index (χ2v) is 33.2. The third kappa shape index (κ3) is 16.4. The van der Waals surface area contributed by atoms with Crippen LogP contribution in [-0.2, 0) is 101 Å². The molecule has 552 valence electrons. The third-order valence-electron chi connectivity index (χ3n) is 17.1. The minimum absolute atomic E-state index is 0.000913. The minimum atomic E-state index is -5.31. The van der Waals surface area contributed by atoms with Gasteiger partial charge >= 0.3 is 32.1 Å². The van der Waals surface area contributed by atoms with E-state index in [9.17, 15) is 64.0 Å². The van der Waals surface area contributed by atoms with Crippen molar-refractivity contribution in [3.8, 4) is 28.7 Å². The molecule has 2 aliphatic carbocycles. The highest BCUT2D eigenvalue weighted by Crippen LogP contribution is 2.68. The van der Waals surface area contributed by atoms with Gasteiger partial charge in [0.25, 0.3) is 5.92 Å². The summed E-state index contributed by atoms with van der Waals surface area (Å²) in [5.74, 6) is -12.7. The fourth-order valence-corrected chi connectivity index (χ4v) is 15.7. The topological polar surface area (TPSA) is 306 Å². The molecule has 6 aromatic rings. The summed E-state index contributed by atoms with van der Waals surface area (Å²) in [6, 6.07) is 3.65. The van der Waals surface area contributed by atoms with Gasteiger partial charge in [0.05, 0.1) is 52.5 Å². The first-order valence-electron chi connectivity index (χ1n) is 31.2. The van der Waals surface area contributed by atoms with Crippen molar-refractivity contribution in [2.24, 2.45) is 5.92 Å². The number of carbonyl (C=O) groups excluding carboxylic acids is 3. The van der Waals surface area contributed by atoms with Gasteiger partial charge in [-0.25, -0.2) is 44.8 Å². The first-order valence-corrected chi connectivity index (χ1v) is 36.8. The van der Waals surface area contributed by atoms with Crippen molar-refractivity contribution in [3.05, 3.63) is 122 Å². The number of fused-ring (bicyclic) bond motifs is 4. The van der Waals surface area contributed by atoms with E-state index >= 15 is 35.5 Å². The molecule has 9 rings (SSSR count). The van der Waals surface area contributed by atoms with Gasteiger partial charge in [0.1, 0.15) is 58.7 Å². The Morgan fingerprint density at radius 1 is 0.843 bits per heavy atom. The van der Waals surface area contributed by atoms with E-state index < -0.39 is 233 Å². The van der Waals surface area contributed by atoms with Crippen LogP contribution in [0, 0.1) is 36.3 Å². The maximum atomic E-state index is 15.9. The molecule has 1 aliphatic heterocycles. The van der Waals surface area contributed by atoms with E-state index in [-0.39, 0.29) is 60.9 Å². The largest absolute Gasteiger partial charge is 0.530 e. The molecule has 3 aromatic carbocycles. The van der Waals surface area contributed by atoms with Gasteiger partial charge < -0.3 is 25.0 Å². The Morgan fingerprint density at radius 2 is 1.43 bits per heavy atom. The maximum absolute atomic E-state index is 15.9. The average Bonchev–Trinajstić information content (AvgIpc) is 1.51. The predicted molar refractivity (Wildman–Crippen MR) is 347 cm³/mol. The van der Waals surface area contributed by atoms with Gasteiger partial charge in [0, 0.05) is 52.3 Å². The van der Waals surface area contributed by atoms with Crippen molar-refractivity contribution < 1.29 is 113 Å². The molecule has 0 unspecified atom stereocenters. The summed E-state index contributed by atoms with van der Waals surface area (Å²) < 4.78 is 237. The molecule has 3 aromatic heterocycles. The Kier molecular flexibility index (Phi) is 21.3. The first-order chi connectivity index (χ1) is 46.8. The third-order valence-corrected chi connectivity index (χ3v) is 22.2. The number of rotatable bonds is 24. The van der Waals surface area contributed by atoms with Crippen LogP contribution in [-0.4, -0.2) is 134 Å². The number of carbonyl (C=O) groups is 5. The highest BCUT2D eigenvalue weighted by molar-refractivity contribution is 7.93. The zero-order valence-electron chi connectivity index (χ0n) is 56.1. The van der Waals surface area contributed by atoms with E-state index in [1.165, 1.54) is 74.4 Å². The number of carboxylic acids is 2. The summed E-state index contributed by atoms with van der Waals surface area (Å²) in [7, 11) is -14.0. The molecular weight excluding hydrogens is 1450 g/mol. The molecule has 1 saturated heterocycles. The summed E-state index contributed by atoms with van der Waals surface area (Å²) in [4.78, 5) is 74.8. The fraction of sp³-hybridized carbons (Fsp3) is 0.477. The maximum Gasteiger partial charge on any atom is 0.530 e. The zero-order chi connectivity index (χ0) is 76.0. The molecule has 3 amide bonds. The first kappa shape index (κ1) is 78.0. The Bertz CT molecular complexity index is 4730. The number of carboxylic acid groups (broad SMARTS) is 2. The summed E-state index contributed by atoms with van der Waals surface area (Å²) in [5, 5.41) is 28.9. The van der Waals surface area contributed by atoms with Crippen LogP contribution in [0.2, 0.25) is 5.02 Å². The molecule has 0 bridgehead atoms. The quantitative estimate of drug-likeness (QED) is 0.0288. The number of amides is 3. The number of aliphatic carboxylic acids is 2. The molecular formula is C65H68ClF10N8O15PS2. The lowest BCUT2D eigenvalue weighted by molar-refractivity contribution is -0.155. The lowest BCUT2D eigenvalue weighted by atomic mass is 9.77. The molecule has 5 atom stereocenters. The molecule has 3 N–H and O–H groups in total. The van der Waals surface area contributed by atoms with Crippen LogP contribution in [0.3, 0.4) is 0 Å². The van der Waals surface area contributed by atoms with Gasteiger partial charge in [0.2, 0.25) is 27.7 Å². The number of sulfone groups is 1. The number of pyridine rings is 1. The number of aryl methyl sites for hydroxylation is 1. The number of phosphoric ester groups is 1. The van der Waals surface area contributed by atoms with Crippen molar-refractivity contribution in [1.29, 1.82) is 0 Å². The van der Waals surface area contributed by atoms with Gasteiger partial charge in [-0.2, -0.15) is 49.6 Å². The van der Waals surface area contributed by atoms with Crippen LogP contribution >= 0.6 is 19.4 Å². The number of halogens is 11. The molecule has 102 heavy (non-hydrogen) atoms. The van der Waals surface area contributed by atoms with Crippen LogP contribution in [0.4, 0.5) is 49.7 Å². The van der Waals surface area contributed by atoms with Gasteiger partial charge in [-0.15, -0.1) is 0 Å². The number of phosphoric acid groups is 1. The van der Waals surface area contributed by atoms with Crippen molar-refractivity contribution in [3.63, 3.8) is 0 Å². The standard InChI is InChI=1S/C65H68ClF10N8O15PS2/c1-31(2)97-100(92,98-32(3)4)99-47-21-33(5)20-35(25-49(86)83-45(59(88)89)16-17-46(83)60(90)91)53(47)61(6,7)28-50(87)84(102(11,95)96)58-52-43(66)15-14-40(55(52)82(80-58)30-63(69,70)71)39-13-12-38(18-19-62(8,9)101(10,93)94)77-54(39)44(24-34-22-36(67)26-37(68)23-34)78-48(85)29-81-57-51(56(79-81)65(74,75)76)41-27-42(41)64(57,72)73/h12-15,20-23,26,31-32,41-42,44-46H,16-17,24-25,27-30H2,1-11H3,(H,78,85)(H,88,89)(H,90,91)/t41-,42+,44-,45-,46-/m0/s1. The normalized spacial score (nSPS) is 18.1. The number of nitrogens with zero attached hydrogens (tertiary/aromatic N) is 7. The molecule has 23 nitrogen and oxygen atoms in total. The molecule has 0 radical (unpaired) electrons. The number of hydrogen-bond acceptors (Lipinski definition) is 16. The lowest BCUT2D eigenvalue weighted by Crippen LogP contribution is -2.48. The second-order valence-electron chi connectivity index (χ2n) is 26.9. The number of nitrogens with one attached hydrogen (secondary N) is 1.